The Bertz CT molecular complexity index is 1390. The Labute approximate surface area is 550 Å². The van der Waals surface area contributed by atoms with Crippen molar-refractivity contribution in [3.8, 4) is 0 Å². The molecule has 8 heterocycles. The van der Waals surface area contributed by atoms with E-state index in [1.165, 1.54) is 31.5 Å². The summed E-state index contributed by atoms with van der Waals surface area (Å²) in [6.45, 7) is 76.6. The molecule has 88 heavy (non-hydrogen) atoms. The molecule has 0 radical (unpaired) electrons. The van der Waals surface area contributed by atoms with Crippen LogP contribution in [0.3, 0.4) is 0 Å². The van der Waals surface area contributed by atoms with E-state index in [9.17, 15) is 0 Å². The second-order valence-electron chi connectivity index (χ2n) is 20.6. The van der Waals surface area contributed by atoms with E-state index in [0.717, 1.165) is 92.7 Å². The molecule has 0 aromatic carbocycles. The number of ether oxygens (including phenoxy) is 2. The Morgan fingerprint density at radius 3 is 1.26 bits per heavy atom. The third-order valence-electron chi connectivity index (χ3n) is 11.5. The van der Waals surface area contributed by atoms with E-state index in [1.54, 1.807) is 18.1 Å². The van der Waals surface area contributed by atoms with Crippen LogP contribution in [0.2, 0.25) is 0 Å². The maximum Gasteiger partial charge on any atom is 0.228 e. The number of aliphatic imine (C=N–C) groups is 5. The van der Waals surface area contributed by atoms with Gasteiger partial charge in [-0.05, 0) is 48.9 Å². The van der Waals surface area contributed by atoms with Crippen molar-refractivity contribution in [1.29, 1.82) is 0 Å². The highest BCUT2D eigenvalue weighted by molar-refractivity contribution is 8.14. The van der Waals surface area contributed by atoms with E-state index in [1.807, 2.05) is 137 Å². The minimum absolute atomic E-state index is 0.183. The molecule has 0 amide bonds. The quantitative estimate of drug-likeness (QED) is 0.154. The molecule has 528 valence electrons. The van der Waals surface area contributed by atoms with Crippen molar-refractivity contribution in [3.05, 3.63) is 0 Å². The molecule has 0 aliphatic carbocycles. The molecule has 0 saturated carbocycles. The molecular weight excluding hydrogens is 1130 g/mol. The number of rotatable bonds is 8. The highest BCUT2D eigenvalue weighted by Crippen LogP contribution is 2.16. The average molecular weight is 1280 g/mol. The van der Waals surface area contributed by atoms with Crippen LogP contribution in [0.15, 0.2) is 40.4 Å². The smallest absolute Gasteiger partial charge is 0.228 e. The van der Waals surface area contributed by atoms with Crippen LogP contribution in [-0.2, 0) is 28.8 Å². The van der Waals surface area contributed by atoms with Crippen molar-refractivity contribution in [1.82, 2.24) is 26.7 Å². The molecule has 8 aliphatic rings. The van der Waals surface area contributed by atoms with Crippen molar-refractivity contribution in [2.75, 3.05) is 84.6 Å². The lowest BCUT2D eigenvalue weighted by molar-refractivity contribution is -0.00428. The molecule has 4 unspecified atom stereocenters. The van der Waals surface area contributed by atoms with Gasteiger partial charge in [0.05, 0.1) is 38.0 Å². The van der Waals surface area contributed by atoms with Gasteiger partial charge in [0.2, 0.25) is 12.3 Å². The molecule has 19 nitrogen and oxygen atoms in total. The topological polar surface area (TPSA) is 214 Å². The maximum atomic E-state index is 5.16. The first kappa shape index (κ1) is 99.9. The molecule has 8 rings (SSSR count). The Balaban J connectivity index is -0.000000134. The third-order valence-corrected chi connectivity index (χ3v) is 12.7. The molecule has 4 atom stereocenters. The molecule has 0 fully saturated rings. The first-order valence-electron chi connectivity index (χ1n) is 34.8. The van der Waals surface area contributed by atoms with Crippen LogP contribution in [0.25, 0.3) is 0 Å². The normalized spacial score (nSPS) is 19.0. The van der Waals surface area contributed by atoms with Crippen LogP contribution in [0.4, 0.5) is 0 Å². The van der Waals surface area contributed by atoms with E-state index < -0.39 is 0 Å². The fourth-order valence-electron chi connectivity index (χ4n) is 6.47. The number of nitrogens with one attached hydrogen (secondary N) is 5. The zero-order valence-corrected chi connectivity index (χ0v) is 64.3. The summed E-state index contributed by atoms with van der Waals surface area (Å²) in [4.78, 5) is 40.3. The molecule has 8 aliphatic heterocycles. The maximum absolute atomic E-state index is 5.16. The van der Waals surface area contributed by atoms with Crippen molar-refractivity contribution >= 4 is 59.8 Å². The lowest BCUT2D eigenvalue weighted by atomic mass is 9.95. The van der Waals surface area contributed by atoms with Gasteiger partial charge < -0.3 is 45.3 Å². The van der Waals surface area contributed by atoms with Gasteiger partial charge in [0.1, 0.15) is 30.2 Å². The number of hydrogen-bond donors (Lipinski definition) is 5. The van der Waals surface area contributed by atoms with Gasteiger partial charge >= 0.3 is 0 Å². The van der Waals surface area contributed by atoms with Crippen molar-refractivity contribution in [2.24, 2.45) is 93.7 Å². The average Bonchev–Trinajstić information content (AvgIpc) is 3.61. The third kappa shape index (κ3) is 63.2. The van der Waals surface area contributed by atoms with Crippen molar-refractivity contribution in [3.63, 3.8) is 0 Å². The van der Waals surface area contributed by atoms with Crippen molar-refractivity contribution in [2.45, 2.75) is 259 Å². The SMILES string of the molecule is CC.CC.CC.CC.CC.CC.CC.CC.CC(C)C1=NCCCN1.CC(C)C1=NCCON1.CC(C)C1=NOCCO1.CC(C)C1=NOCCS1.CC(C)C1CCN=CN1.CC(C)C1CCN=CN1.CC(C)C1CN=CNC1.CC(C)C1CON=CO1. The van der Waals surface area contributed by atoms with Crippen LogP contribution in [0.1, 0.15) is 241 Å². The highest BCUT2D eigenvalue weighted by atomic mass is 32.2. The Morgan fingerprint density at radius 2 is 1.02 bits per heavy atom. The molecule has 0 aromatic heterocycles. The van der Waals surface area contributed by atoms with E-state index in [0.29, 0.717) is 74.0 Å². The molecule has 0 aromatic rings. The van der Waals surface area contributed by atoms with Gasteiger partial charge in [-0.25, -0.2) is 0 Å². The molecule has 0 bridgehead atoms. The zero-order chi connectivity index (χ0) is 69.5. The number of hydroxylamine groups is 1. The predicted octanol–water partition coefficient (Wildman–Crippen LogP) is 16.5. The summed E-state index contributed by atoms with van der Waals surface area (Å²) in [6.07, 6.45) is 10.6. The van der Waals surface area contributed by atoms with Crippen LogP contribution >= 0.6 is 11.8 Å². The molecule has 20 heteroatoms. The van der Waals surface area contributed by atoms with Crippen LogP contribution in [0, 0.1) is 53.3 Å². The number of thioether (sulfide) groups is 1. The lowest BCUT2D eigenvalue weighted by Gasteiger charge is -2.22. The van der Waals surface area contributed by atoms with Gasteiger partial charge in [0, 0.05) is 80.8 Å². The highest BCUT2D eigenvalue weighted by Gasteiger charge is 2.18. The van der Waals surface area contributed by atoms with Crippen LogP contribution in [0.5, 0.6) is 0 Å². The summed E-state index contributed by atoms with van der Waals surface area (Å²) in [6, 6.07) is 1.31. The Hall–Kier alpha value is -4.33. The summed E-state index contributed by atoms with van der Waals surface area (Å²) in [5.74, 6) is 9.26. The summed E-state index contributed by atoms with van der Waals surface area (Å²) in [7, 11) is 0. The first-order valence-corrected chi connectivity index (χ1v) is 35.8. The number of oxime groups is 3. The largest absolute Gasteiger partial charge is 0.475 e. The fraction of sp³-hybridized carbons (Fsp3) is 0.882. The molecule has 5 N–H and O–H groups in total. The van der Waals surface area contributed by atoms with E-state index >= 15 is 0 Å². The number of amidine groups is 2. The van der Waals surface area contributed by atoms with Gasteiger partial charge in [-0.15, -0.1) is 11.8 Å². The van der Waals surface area contributed by atoms with Gasteiger partial charge in [0.25, 0.3) is 0 Å². The van der Waals surface area contributed by atoms with E-state index in [2.05, 4.69) is 164 Å². The standard InChI is InChI=1S/4C7H14N2.C6H12N2O.2C6H11NO2.C6H11NOS.8C2H6/c1-6(2)7-3-8-5-9-4-7;2*1-6(2)7-3-4-8-5-9-7;1-6(2)7-8-4-3-5-9-7;1-5(2)6-7-3-4-9-8-6;1-5(2)6-3-9-7-4-8-6;1-5(2)6-7-9-4-3-8-6;1-5(2)6-7-8-3-4-9-6;8*1-2/h3*5-7H,3-4H2,1-2H3,(H,8,9);6H,3-5H2,1-2H3,(H,8,9);5H,3-4H2,1-2H3,(H,7,8);4-6H,3H2,1-2H3;2*5H,3-4H2,1-2H3;8*1-2H3. The van der Waals surface area contributed by atoms with Gasteiger partial charge in [-0.3, -0.25) is 35.3 Å². The van der Waals surface area contributed by atoms with Crippen molar-refractivity contribution < 1.29 is 28.8 Å². The first-order chi connectivity index (χ1) is 42.4. The summed E-state index contributed by atoms with van der Waals surface area (Å²) in [5, 5.41) is 25.1. The van der Waals surface area contributed by atoms with Crippen LogP contribution < -0.4 is 26.7 Å². The van der Waals surface area contributed by atoms with Gasteiger partial charge in [0.15, 0.2) is 13.2 Å². The van der Waals surface area contributed by atoms with Gasteiger partial charge in [-0.2, -0.15) is 0 Å². The summed E-state index contributed by atoms with van der Waals surface area (Å²) in [5.41, 5.74) is 2.77. The van der Waals surface area contributed by atoms with E-state index in [4.69, 9.17) is 28.8 Å². The number of nitrogens with zero attached hydrogens (tertiary/aromatic N) is 8. The lowest BCUT2D eigenvalue weighted by Crippen LogP contribution is -2.36. The molecule has 0 spiro atoms. The second-order valence-corrected chi connectivity index (χ2v) is 21.7. The second kappa shape index (κ2) is 78.8. The van der Waals surface area contributed by atoms with E-state index in [-0.39, 0.29) is 6.10 Å². The molecule has 0 saturated heterocycles. The Kier molecular flexibility index (Phi) is 89.4. The van der Waals surface area contributed by atoms with Gasteiger partial charge in [-0.1, -0.05) is 237 Å². The predicted molar refractivity (Wildman–Crippen MR) is 395 cm³/mol. The summed E-state index contributed by atoms with van der Waals surface area (Å²) >= 11 is 1.80. The minimum Gasteiger partial charge on any atom is -0.475 e. The Morgan fingerprint density at radius 1 is 0.500 bits per heavy atom. The monoisotopic (exact) mass is 1280 g/mol. The summed E-state index contributed by atoms with van der Waals surface area (Å²) < 4.78 is 10.3. The zero-order valence-electron chi connectivity index (χ0n) is 63.5. The minimum atomic E-state index is 0.183. The fourth-order valence-corrected chi connectivity index (χ4v) is 7.27. The van der Waals surface area contributed by atoms with Crippen LogP contribution in [-0.4, -0.2) is 151 Å². The molecular formula is C68H149N13O6S. The number of hydrogen-bond acceptors (Lipinski definition) is 20.